The fraction of sp³-hybridized carbons (Fsp3) is 0.441. The minimum absolute atomic E-state index is 0.0737. The molecular formula is C34H45N7O10. The molecule has 0 unspecified atom stereocenters. The second-order valence-corrected chi connectivity index (χ2v) is 12.4. The summed E-state index contributed by atoms with van der Waals surface area (Å²) in [5.74, 6) is -6.00. The van der Waals surface area contributed by atoms with Gasteiger partial charge in [-0.1, -0.05) is 12.1 Å². The van der Waals surface area contributed by atoms with Crippen LogP contribution >= 0.6 is 0 Å². The van der Waals surface area contributed by atoms with Crippen LogP contribution in [0.25, 0.3) is 11.1 Å². The molecule has 0 aliphatic carbocycles. The summed E-state index contributed by atoms with van der Waals surface area (Å²) >= 11 is 0. The van der Waals surface area contributed by atoms with E-state index in [9.17, 15) is 48.9 Å². The number of hydrogen-bond donors (Lipinski definition) is 8. The Morgan fingerprint density at radius 3 is 2.20 bits per heavy atom. The Bertz CT molecular complexity index is 1680. The molecule has 276 valence electrons. The summed E-state index contributed by atoms with van der Waals surface area (Å²) in [7, 11) is 2.74. The number of hydrogen-bond acceptors (Lipinski definition) is 10. The van der Waals surface area contributed by atoms with E-state index in [1.807, 2.05) is 0 Å². The van der Waals surface area contributed by atoms with Crippen LogP contribution in [-0.2, 0) is 40.0 Å². The Labute approximate surface area is 294 Å². The van der Waals surface area contributed by atoms with Gasteiger partial charge < -0.3 is 52.1 Å². The SMILES string of the molecule is CC(=O)N(C)[C@H](CCCN)C(=O)N[C@H](C)C(=O)NCC(=O)N(C)[C@@H]1C(=O)N[C@@H](C)C(=O)N[C@H](C(=O)O)Cc2ccc(O)c(c2)-c2cc1ccc2O. The number of aliphatic carboxylic acids is 1. The number of nitrogens with two attached hydrogens (primary N) is 1. The second kappa shape index (κ2) is 17.3. The Balaban J connectivity index is 1.90. The van der Waals surface area contributed by atoms with Gasteiger partial charge in [-0.3, -0.25) is 28.8 Å². The summed E-state index contributed by atoms with van der Waals surface area (Å²) in [6.07, 6.45) is 0.547. The molecule has 0 radical (unpaired) electrons. The highest BCUT2D eigenvalue weighted by Crippen LogP contribution is 2.38. The molecule has 4 bridgehead atoms. The Kier molecular flexibility index (Phi) is 13.5. The number of benzene rings is 2. The van der Waals surface area contributed by atoms with Crippen LogP contribution in [0.5, 0.6) is 11.5 Å². The number of fused-ring (bicyclic) bond motifs is 5. The van der Waals surface area contributed by atoms with E-state index in [2.05, 4.69) is 21.3 Å². The van der Waals surface area contributed by atoms with Crippen LogP contribution in [0.1, 0.15) is 50.8 Å². The molecule has 17 heteroatoms. The first kappa shape index (κ1) is 39.7. The number of phenolic OH excluding ortho intramolecular Hbond substituents is 2. The van der Waals surface area contributed by atoms with Crippen molar-refractivity contribution in [2.45, 2.75) is 70.2 Å². The maximum absolute atomic E-state index is 13.8. The van der Waals surface area contributed by atoms with Gasteiger partial charge in [0.05, 0.1) is 6.54 Å². The monoisotopic (exact) mass is 711 g/mol. The van der Waals surface area contributed by atoms with E-state index in [1.165, 1.54) is 76.2 Å². The summed E-state index contributed by atoms with van der Waals surface area (Å²) in [6.45, 7) is 3.70. The van der Waals surface area contributed by atoms with Crippen LogP contribution in [-0.4, -0.2) is 118 Å². The normalized spacial score (nSPS) is 18.5. The summed E-state index contributed by atoms with van der Waals surface area (Å²) in [5.41, 5.74) is 6.32. The van der Waals surface area contributed by atoms with Crippen molar-refractivity contribution in [3.05, 3.63) is 47.5 Å². The van der Waals surface area contributed by atoms with Crippen LogP contribution in [0.3, 0.4) is 0 Å². The number of carboxylic acids is 1. The minimum Gasteiger partial charge on any atom is -0.507 e. The van der Waals surface area contributed by atoms with Crippen LogP contribution < -0.4 is 27.0 Å². The van der Waals surface area contributed by atoms with E-state index in [-0.39, 0.29) is 46.9 Å². The first-order chi connectivity index (χ1) is 24.0. The third-order valence-electron chi connectivity index (χ3n) is 8.64. The maximum Gasteiger partial charge on any atom is 0.326 e. The van der Waals surface area contributed by atoms with Gasteiger partial charge in [-0.2, -0.15) is 0 Å². The van der Waals surface area contributed by atoms with Crippen LogP contribution in [0.15, 0.2) is 36.4 Å². The summed E-state index contributed by atoms with van der Waals surface area (Å²) in [6, 6.07) is 2.14. The molecule has 0 spiro atoms. The molecule has 2 aromatic rings. The van der Waals surface area contributed by atoms with E-state index >= 15 is 0 Å². The Morgan fingerprint density at radius 1 is 0.961 bits per heavy atom. The van der Waals surface area contributed by atoms with Gasteiger partial charge in [0.15, 0.2) is 0 Å². The molecule has 1 aliphatic rings. The molecule has 3 rings (SSSR count). The quantitative estimate of drug-likeness (QED) is 0.142. The van der Waals surface area contributed by atoms with Gasteiger partial charge in [-0.15, -0.1) is 0 Å². The third kappa shape index (κ3) is 9.94. The van der Waals surface area contributed by atoms with Crippen LogP contribution in [0.2, 0.25) is 0 Å². The number of likely N-dealkylation sites (N-methyl/N-ethyl adjacent to an activating group) is 2. The van der Waals surface area contributed by atoms with E-state index in [1.54, 1.807) is 0 Å². The van der Waals surface area contributed by atoms with Crippen molar-refractivity contribution in [1.29, 1.82) is 0 Å². The van der Waals surface area contributed by atoms with Crippen LogP contribution in [0, 0.1) is 0 Å². The number of amides is 6. The molecule has 6 amide bonds. The predicted molar refractivity (Wildman–Crippen MR) is 183 cm³/mol. The molecule has 17 nitrogen and oxygen atoms in total. The van der Waals surface area contributed by atoms with Gasteiger partial charge >= 0.3 is 5.97 Å². The number of nitrogens with one attached hydrogen (secondary N) is 4. The lowest BCUT2D eigenvalue weighted by molar-refractivity contribution is -0.143. The zero-order valence-electron chi connectivity index (χ0n) is 29.1. The summed E-state index contributed by atoms with van der Waals surface area (Å²) in [5, 5.41) is 41.1. The molecule has 1 heterocycles. The number of nitrogens with zero attached hydrogens (tertiary/aromatic N) is 2. The standard InChI is InChI=1S/C34H45N7O10/c1-17(37-32(48)25(7-6-12-35)40(4)19(3)42)30(46)36-16-28(45)41(5)29-21-9-11-27(44)23(15-21)22-13-20(8-10-26(22)43)14-24(34(50)51)39-31(47)18(2)38-33(29)49/h8-11,13,15,17-18,24-25,29,43-44H,6-7,12,14,16,35H2,1-5H3,(H,36,46)(H,37,48)(H,38,49)(H,39,47)(H,50,51)/t17-,18+,24+,25-,29+/m1/s1. The van der Waals surface area contributed by atoms with Crippen molar-refractivity contribution in [3.8, 4) is 22.6 Å². The molecule has 1 aliphatic heterocycles. The second-order valence-electron chi connectivity index (χ2n) is 12.4. The first-order valence-electron chi connectivity index (χ1n) is 16.2. The molecule has 9 N–H and O–H groups in total. The highest BCUT2D eigenvalue weighted by atomic mass is 16.4. The van der Waals surface area contributed by atoms with Gasteiger partial charge in [0, 0.05) is 38.6 Å². The third-order valence-corrected chi connectivity index (χ3v) is 8.64. The topological polar surface area (TPSA) is 261 Å². The van der Waals surface area contributed by atoms with Gasteiger partial charge in [0.25, 0.3) is 0 Å². The lowest BCUT2D eigenvalue weighted by Gasteiger charge is -2.30. The Morgan fingerprint density at radius 2 is 1.59 bits per heavy atom. The fourth-order valence-corrected chi connectivity index (χ4v) is 5.50. The number of rotatable bonds is 11. The first-order valence-corrected chi connectivity index (χ1v) is 16.2. The minimum atomic E-state index is -1.45. The van der Waals surface area contributed by atoms with Gasteiger partial charge in [-0.25, -0.2) is 4.79 Å². The average molecular weight is 712 g/mol. The smallest absolute Gasteiger partial charge is 0.326 e. The lowest BCUT2D eigenvalue weighted by Crippen LogP contribution is -2.54. The average Bonchev–Trinajstić information content (AvgIpc) is 3.07. The number of aromatic hydroxyl groups is 2. The van der Waals surface area contributed by atoms with E-state index in [4.69, 9.17) is 5.73 Å². The zero-order valence-corrected chi connectivity index (χ0v) is 29.1. The van der Waals surface area contributed by atoms with Crippen molar-refractivity contribution in [2.75, 3.05) is 27.2 Å². The number of carboxylic acid groups (broad SMARTS) is 1. The molecule has 0 fully saturated rings. The summed E-state index contributed by atoms with van der Waals surface area (Å²) in [4.78, 5) is 92.3. The molecule has 51 heavy (non-hydrogen) atoms. The van der Waals surface area contributed by atoms with Crippen molar-refractivity contribution in [2.24, 2.45) is 5.73 Å². The summed E-state index contributed by atoms with van der Waals surface area (Å²) < 4.78 is 0. The molecule has 0 aromatic heterocycles. The number of phenols is 2. The van der Waals surface area contributed by atoms with Crippen molar-refractivity contribution in [1.82, 2.24) is 31.1 Å². The van der Waals surface area contributed by atoms with Crippen molar-refractivity contribution < 1.29 is 48.9 Å². The zero-order chi connectivity index (χ0) is 38.2. The molecular weight excluding hydrogens is 666 g/mol. The van der Waals surface area contributed by atoms with Gasteiger partial charge in [0.1, 0.15) is 41.7 Å². The Hall–Kier alpha value is -5.71. The van der Waals surface area contributed by atoms with Gasteiger partial charge in [0.2, 0.25) is 35.4 Å². The van der Waals surface area contributed by atoms with E-state index < -0.39 is 72.3 Å². The fourth-order valence-electron chi connectivity index (χ4n) is 5.50. The molecule has 2 aromatic carbocycles. The van der Waals surface area contributed by atoms with Crippen molar-refractivity contribution >= 4 is 41.4 Å². The van der Waals surface area contributed by atoms with E-state index in [0.717, 1.165) is 4.90 Å². The highest BCUT2D eigenvalue weighted by Gasteiger charge is 2.34. The van der Waals surface area contributed by atoms with Crippen LogP contribution in [0.4, 0.5) is 0 Å². The molecule has 0 saturated heterocycles. The maximum atomic E-state index is 13.8. The number of carbonyl (C=O) groups excluding carboxylic acids is 6. The molecule has 5 atom stereocenters. The predicted octanol–water partition coefficient (Wildman–Crippen LogP) is -0.899. The lowest BCUT2D eigenvalue weighted by atomic mass is 9.94. The van der Waals surface area contributed by atoms with Crippen molar-refractivity contribution in [3.63, 3.8) is 0 Å². The van der Waals surface area contributed by atoms with Gasteiger partial charge in [-0.05, 0) is 68.6 Å². The highest BCUT2D eigenvalue weighted by molar-refractivity contribution is 5.96. The number of carbonyl (C=O) groups is 7. The molecule has 0 saturated carbocycles. The van der Waals surface area contributed by atoms with E-state index in [0.29, 0.717) is 18.5 Å². The largest absolute Gasteiger partial charge is 0.507 e.